The van der Waals surface area contributed by atoms with E-state index in [1.165, 1.54) is 18.2 Å². The first-order valence-electron chi connectivity index (χ1n) is 6.29. The summed E-state index contributed by atoms with van der Waals surface area (Å²) in [5.74, 6) is -1.47. The van der Waals surface area contributed by atoms with E-state index < -0.39 is 11.7 Å². The summed E-state index contributed by atoms with van der Waals surface area (Å²) in [5.41, 5.74) is 6.30. The van der Waals surface area contributed by atoms with Gasteiger partial charge in [-0.1, -0.05) is 12.1 Å². The largest absolute Gasteiger partial charge is 0.508 e. The van der Waals surface area contributed by atoms with Gasteiger partial charge in [-0.3, -0.25) is 4.79 Å². The minimum Gasteiger partial charge on any atom is -0.508 e. The highest BCUT2D eigenvalue weighted by molar-refractivity contribution is 5.97. The molecule has 0 atom stereocenters. The van der Waals surface area contributed by atoms with Gasteiger partial charge in [-0.05, 0) is 29.8 Å². The highest BCUT2D eigenvalue weighted by Crippen LogP contribution is 2.22. The molecule has 2 aromatic carbocycles. The van der Waals surface area contributed by atoms with E-state index in [9.17, 15) is 19.4 Å². The van der Waals surface area contributed by atoms with Crippen LogP contribution in [0.1, 0.15) is 21.5 Å². The smallest absolute Gasteiger partial charge is 0.255 e. The number of halogens is 1. The van der Waals surface area contributed by atoms with Gasteiger partial charge >= 0.3 is 0 Å². The first-order valence-corrected chi connectivity index (χ1v) is 6.29. The molecule has 1 amide bonds. The number of amides is 1. The highest BCUT2D eigenvalue weighted by atomic mass is 19.1. The zero-order chi connectivity index (χ0) is 15.4. The number of carbonyl (C=O) groups is 1. The first kappa shape index (κ1) is 14.8. The van der Waals surface area contributed by atoms with E-state index in [1.54, 1.807) is 12.1 Å². The van der Waals surface area contributed by atoms with Gasteiger partial charge in [0.2, 0.25) is 0 Å². The molecule has 0 aliphatic carbocycles. The number of carbonyl (C=O) groups excluding carboxylic acids is 1. The molecule has 0 spiro atoms. The number of nitrogens with one attached hydrogen (secondary N) is 1. The highest BCUT2D eigenvalue weighted by Gasteiger charge is 2.12. The van der Waals surface area contributed by atoms with Gasteiger partial charge in [0.1, 0.15) is 17.3 Å². The predicted molar refractivity (Wildman–Crippen MR) is 75.2 cm³/mol. The molecule has 0 bridgehead atoms. The second-order valence-electron chi connectivity index (χ2n) is 4.51. The van der Waals surface area contributed by atoms with Gasteiger partial charge in [0.05, 0.1) is 5.56 Å². The summed E-state index contributed by atoms with van der Waals surface area (Å²) in [6.45, 7) is 0.200. The van der Waals surface area contributed by atoms with Gasteiger partial charge in [-0.25, -0.2) is 4.39 Å². The number of rotatable bonds is 4. The molecule has 2 aromatic rings. The van der Waals surface area contributed by atoms with Crippen molar-refractivity contribution < 1.29 is 19.4 Å². The fourth-order valence-corrected chi connectivity index (χ4v) is 1.84. The van der Waals surface area contributed by atoms with E-state index in [0.29, 0.717) is 11.1 Å². The van der Waals surface area contributed by atoms with Crippen LogP contribution in [0.15, 0.2) is 36.4 Å². The number of benzene rings is 2. The Kier molecular flexibility index (Phi) is 4.39. The molecule has 0 unspecified atom stereocenters. The van der Waals surface area contributed by atoms with Crippen molar-refractivity contribution in [2.75, 3.05) is 0 Å². The summed E-state index contributed by atoms with van der Waals surface area (Å²) in [7, 11) is 0. The lowest BCUT2D eigenvalue weighted by Gasteiger charge is -2.09. The molecule has 0 radical (unpaired) electrons. The Hall–Kier alpha value is -2.60. The minimum absolute atomic E-state index is 0.0371. The van der Waals surface area contributed by atoms with E-state index in [1.807, 2.05) is 0 Å². The Labute approximate surface area is 120 Å². The van der Waals surface area contributed by atoms with Crippen molar-refractivity contribution in [2.45, 2.75) is 13.1 Å². The number of nitrogens with two attached hydrogens (primary N) is 1. The molecule has 0 saturated heterocycles. The normalized spacial score (nSPS) is 10.4. The van der Waals surface area contributed by atoms with Gasteiger partial charge in [-0.2, -0.15) is 0 Å². The number of aromatic hydroxyl groups is 2. The third kappa shape index (κ3) is 3.49. The minimum atomic E-state index is -0.606. The molecule has 0 aliphatic heterocycles. The molecule has 2 rings (SSSR count). The molecular weight excluding hydrogens is 275 g/mol. The SMILES string of the molecule is NCc1ccc(CNC(=O)c2cc(O)ccc2O)c(F)c1. The summed E-state index contributed by atoms with van der Waals surface area (Å²) in [4.78, 5) is 11.9. The van der Waals surface area contributed by atoms with E-state index in [2.05, 4.69) is 5.32 Å². The fourth-order valence-electron chi connectivity index (χ4n) is 1.84. The number of phenols is 2. The third-order valence-corrected chi connectivity index (χ3v) is 3.02. The lowest BCUT2D eigenvalue weighted by atomic mass is 10.1. The molecule has 6 heteroatoms. The van der Waals surface area contributed by atoms with E-state index in [4.69, 9.17) is 5.73 Å². The molecule has 5 nitrogen and oxygen atoms in total. The van der Waals surface area contributed by atoms with E-state index >= 15 is 0 Å². The van der Waals surface area contributed by atoms with Crippen molar-refractivity contribution in [3.63, 3.8) is 0 Å². The van der Waals surface area contributed by atoms with Crippen molar-refractivity contribution in [1.82, 2.24) is 5.32 Å². The zero-order valence-electron chi connectivity index (χ0n) is 11.1. The lowest BCUT2D eigenvalue weighted by Crippen LogP contribution is -2.23. The van der Waals surface area contributed by atoms with Crippen molar-refractivity contribution in [2.24, 2.45) is 5.73 Å². The zero-order valence-corrected chi connectivity index (χ0v) is 11.1. The van der Waals surface area contributed by atoms with Crippen LogP contribution in [-0.4, -0.2) is 16.1 Å². The molecule has 110 valence electrons. The van der Waals surface area contributed by atoms with Crippen LogP contribution in [0.4, 0.5) is 4.39 Å². The van der Waals surface area contributed by atoms with Crippen molar-refractivity contribution in [3.05, 3.63) is 58.9 Å². The summed E-state index contributed by atoms with van der Waals surface area (Å²) in [5, 5.41) is 21.4. The second kappa shape index (κ2) is 6.23. The monoisotopic (exact) mass is 290 g/mol. The van der Waals surface area contributed by atoms with Gasteiger partial charge in [0.15, 0.2) is 0 Å². The Morgan fingerprint density at radius 1 is 1.19 bits per heavy atom. The quantitative estimate of drug-likeness (QED) is 0.643. The maximum Gasteiger partial charge on any atom is 0.255 e. The number of phenolic OH excluding ortho intramolecular Hbond substituents is 2. The predicted octanol–water partition coefficient (Wildman–Crippen LogP) is 1.63. The van der Waals surface area contributed by atoms with Crippen LogP contribution < -0.4 is 11.1 Å². The maximum absolute atomic E-state index is 13.7. The average Bonchev–Trinajstić information content (AvgIpc) is 2.48. The van der Waals surface area contributed by atoms with Crippen molar-refractivity contribution in [3.8, 4) is 11.5 Å². The van der Waals surface area contributed by atoms with Crippen molar-refractivity contribution >= 4 is 5.91 Å². The van der Waals surface area contributed by atoms with Crippen LogP contribution in [0.25, 0.3) is 0 Å². The number of hydrogen-bond donors (Lipinski definition) is 4. The Morgan fingerprint density at radius 2 is 1.95 bits per heavy atom. The molecule has 0 heterocycles. The molecule has 5 N–H and O–H groups in total. The molecular formula is C15H15FN2O3. The summed E-state index contributed by atoms with van der Waals surface area (Å²) >= 11 is 0. The van der Waals surface area contributed by atoms with Crippen LogP contribution in [0.2, 0.25) is 0 Å². The molecule has 0 aromatic heterocycles. The average molecular weight is 290 g/mol. The van der Waals surface area contributed by atoms with Crippen LogP contribution in [-0.2, 0) is 13.1 Å². The van der Waals surface area contributed by atoms with Crippen LogP contribution in [0.5, 0.6) is 11.5 Å². The Bertz CT molecular complexity index is 674. The van der Waals surface area contributed by atoms with Crippen LogP contribution in [0.3, 0.4) is 0 Å². The Morgan fingerprint density at radius 3 is 2.62 bits per heavy atom. The summed E-state index contributed by atoms with van der Waals surface area (Å²) in [6.07, 6.45) is 0. The van der Waals surface area contributed by atoms with Gasteiger partial charge < -0.3 is 21.3 Å². The lowest BCUT2D eigenvalue weighted by molar-refractivity contribution is 0.0947. The maximum atomic E-state index is 13.7. The standard InChI is InChI=1S/C15H15FN2O3/c16-13-5-9(7-17)1-2-10(13)8-18-15(21)12-6-11(19)3-4-14(12)20/h1-6,19-20H,7-8,17H2,(H,18,21). The molecule has 0 saturated carbocycles. The Balaban J connectivity index is 2.09. The van der Waals surface area contributed by atoms with Crippen LogP contribution >= 0.6 is 0 Å². The van der Waals surface area contributed by atoms with E-state index in [0.717, 1.165) is 6.07 Å². The summed E-state index contributed by atoms with van der Waals surface area (Å²) < 4.78 is 13.7. The summed E-state index contributed by atoms with van der Waals surface area (Å²) in [6, 6.07) is 8.14. The van der Waals surface area contributed by atoms with Crippen molar-refractivity contribution in [1.29, 1.82) is 0 Å². The molecule has 0 aliphatic rings. The topological polar surface area (TPSA) is 95.6 Å². The first-order chi connectivity index (χ1) is 10.0. The fraction of sp³-hybridized carbons (Fsp3) is 0.133. The van der Waals surface area contributed by atoms with E-state index in [-0.39, 0.29) is 30.2 Å². The number of hydrogen-bond acceptors (Lipinski definition) is 4. The van der Waals surface area contributed by atoms with Gasteiger partial charge in [-0.15, -0.1) is 0 Å². The molecule has 21 heavy (non-hydrogen) atoms. The second-order valence-corrected chi connectivity index (χ2v) is 4.51. The third-order valence-electron chi connectivity index (χ3n) is 3.02. The van der Waals surface area contributed by atoms with Gasteiger partial charge in [0.25, 0.3) is 5.91 Å². The molecule has 0 fully saturated rings. The van der Waals surface area contributed by atoms with Crippen LogP contribution in [0, 0.1) is 5.82 Å². The van der Waals surface area contributed by atoms with Gasteiger partial charge in [0, 0.05) is 18.7 Å².